The average molecular weight is 724 g/mol. The molecule has 1 nitrogen and oxygen atoms in total. The van der Waals surface area contributed by atoms with Crippen molar-refractivity contribution in [1.82, 2.24) is 0 Å². The van der Waals surface area contributed by atoms with Gasteiger partial charge in [0.25, 0.3) is 0 Å². The minimum Gasteiger partial charge on any atom is -0.310 e. The summed E-state index contributed by atoms with van der Waals surface area (Å²) in [6.07, 6.45) is 0. The molecule has 0 aliphatic carbocycles. The van der Waals surface area contributed by atoms with Crippen LogP contribution in [0.25, 0.3) is 87.2 Å². The Morgan fingerprint density at radius 2 is 0.596 bits per heavy atom. The molecule has 0 aromatic heterocycles. The summed E-state index contributed by atoms with van der Waals surface area (Å²) >= 11 is 0. The van der Waals surface area contributed by atoms with Gasteiger partial charge in [0, 0.05) is 17.1 Å². The van der Waals surface area contributed by atoms with Crippen LogP contribution in [0.2, 0.25) is 0 Å². The van der Waals surface area contributed by atoms with Crippen LogP contribution in [0.5, 0.6) is 0 Å². The van der Waals surface area contributed by atoms with Crippen LogP contribution in [0.15, 0.2) is 224 Å². The summed E-state index contributed by atoms with van der Waals surface area (Å²) in [5, 5.41) is 12.7. The molecule has 11 rings (SSSR count). The topological polar surface area (TPSA) is 3.24 Å². The van der Waals surface area contributed by atoms with E-state index in [4.69, 9.17) is 0 Å². The molecular weight excluding hydrogens is 687 g/mol. The maximum Gasteiger partial charge on any atom is 0.0468 e. The summed E-state index contributed by atoms with van der Waals surface area (Å²) in [6.45, 7) is 0. The maximum absolute atomic E-state index is 2.39. The van der Waals surface area contributed by atoms with Gasteiger partial charge < -0.3 is 4.90 Å². The first kappa shape index (κ1) is 32.9. The summed E-state index contributed by atoms with van der Waals surface area (Å²) in [7, 11) is 0. The molecule has 57 heavy (non-hydrogen) atoms. The van der Waals surface area contributed by atoms with Gasteiger partial charge in [-0.25, -0.2) is 0 Å². The molecule has 0 saturated heterocycles. The zero-order valence-corrected chi connectivity index (χ0v) is 31.3. The van der Waals surface area contributed by atoms with E-state index in [9.17, 15) is 0 Å². The monoisotopic (exact) mass is 723 g/mol. The van der Waals surface area contributed by atoms with E-state index in [0.717, 1.165) is 17.1 Å². The van der Waals surface area contributed by atoms with Crippen LogP contribution >= 0.6 is 0 Å². The molecule has 0 unspecified atom stereocenters. The number of fused-ring (bicyclic) bond motifs is 8. The van der Waals surface area contributed by atoms with Crippen LogP contribution in [-0.2, 0) is 0 Å². The number of hydrogen-bond donors (Lipinski definition) is 0. The number of anilines is 3. The molecule has 0 aliphatic heterocycles. The first-order chi connectivity index (χ1) is 28.2. The zero-order chi connectivity index (χ0) is 37.7. The fourth-order valence-electron chi connectivity index (χ4n) is 8.73. The van der Waals surface area contributed by atoms with Gasteiger partial charge in [-0.15, -0.1) is 0 Å². The molecule has 0 radical (unpaired) electrons. The highest BCUT2D eigenvalue weighted by atomic mass is 15.1. The molecule has 266 valence electrons. The van der Waals surface area contributed by atoms with Crippen molar-refractivity contribution >= 4 is 70.9 Å². The highest BCUT2D eigenvalue weighted by molar-refractivity contribution is 6.27. The third-order valence-electron chi connectivity index (χ3n) is 11.5. The molecule has 0 fully saturated rings. The van der Waals surface area contributed by atoms with Gasteiger partial charge in [0.1, 0.15) is 0 Å². The molecule has 0 N–H and O–H groups in total. The van der Waals surface area contributed by atoms with Crippen molar-refractivity contribution in [3.8, 4) is 33.4 Å². The van der Waals surface area contributed by atoms with Crippen molar-refractivity contribution in [2.75, 3.05) is 4.90 Å². The summed E-state index contributed by atoms with van der Waals surface area (Å²) in [5.74, 6) is 0. The van der Waals surface area contributed by atoms with Crippen molar-refractivity contribution in [2.24, 2.45) is 0 Å². The molecule has 0 aliphatic rings. The van der Waals surface area contributed by atoms with Gasteiger partial charge in [-0.05, 0) is 148 Å². The van der Waals surface area contributed by atoms with Gasteiger partial charge in [0.2, 0.25) is 0 Å². The van der Waals surface area contributed by atoms with E-state index in [-0.39, 0.29) is 0 Å². The SMILES string of the molecule is c1ccc(-c2cccc(N(c3cccc(-c4ccccc4)c3)c3ccc4cc(-c5ccc6c(c5)c5ccccc5c5cc7ccccc7cc65)ccc4c3)c2)cc1. The standard InChI is InChI=1S/C56H37N/c1-3-13-38(14-4-1)40-19-11-21-48(32-40)57(49-22-12-20-41(33-49)39-15-5-2-6-16-39)50-29-27-45-31-44(25-26-46(45)34-50)47-28-30-53-54(37-47)51-23-9-10-24-52(51)55-35-42-17-7-8-18-43(42)36-56(53)55/h1-37H. The number of benzene rings is 11. The Hall–Kier alpha value is -7.48. The first-order valence-electron chi connectivity index (χ1n) is 19.7. The van der Waals surface area contributed by atoms with E-state index < -0.39 is 0 Å². The Balaban J connectivity index is 1.02. The second kappa shape index (κ2) is 13.7. The van der Waals surface area contributed by atoms with Crippen molar-refractivity contribution in [3.63, 3.8) is 0 Å². The molecule has 0 saturated carbocycles. The van der Waals surface area contributed by atoms with Crippen LogP contribution in [0.3, 0.4) is 0 Å². The molecular formula is C56H37N. The minimum atomic E-state index is 1.11. The summed E-state index contributed by atoms with van der Waals surface area (Å²) in [6, 6.07) is 82.0. The third-order valence-corrected chi connectivity index (χ3v) is 11.5. The molecule has 0 atom stereocenters. The lowest BCUT2D eigenvalue weighted by atomic mass is 9.90. The molecule has 11 aromatic rings. The third kappa shape index (κ3) is 5.89. The zero-order valence-electron chi connectivity index (χ0n) is 31.3. The van der Waals surface area contributed by atoms with Crippen LogP contribution in [0, 0.1) is 0 Å². The van der Waals surface area contributed by atoms with E-state index in [1.165, 1.54) is 87.2 Å². The highest BCUT2D eigenvalue weighted by Gasteiger charge is 2.16. The van der Waals surface area contributed by atoms with E-state index in [1.54, 1.807) is 0 Å². The minimum absolute atomic E-state index is 1.11. The smallest absolute Gasteiger partial charge is 0.0468 e. The fraction of sp³-hybridized carbons (Fsp3) is 0. The van der Waals surface area contributed by atoms with Gasteiger partial charge in [-0.3, -0.25) is 0 Å². The lowest BCUT2D eigenvalue weighted by Crippen LogP contribution is -2.10. The Morgan fingerprint density at radius 1 is 0.193 bits per heavy atom. The predicted octanol–water partition coefficient (Wildman–Crippen LogP) is 15.9. The largest absolute Gasteiger partial charge is 0.310 e. The van der Waals surface area contributed by atoms with Crippen LogP contribution in [0.1, 0.15) is 0 Å². The Bertz CT molecular complexity index is 3210. The quantitative estimate of drug-likeness (QED) is 0.122. The maximum atomic E-state index is 2.39. The van der Waals surface area contributed by atoms with Gasteiger partial charge in [0.15, 0.2) is 0 Å². The summed E-state index contributed by atoms with van der Waals surface area (Å²) in [4.78, 5) is 2.38. The van der Waals surface area contributed by atoms with Crippen LogP contribution in [0.4, 0.5) is 17.1 Å². The van der Waals surface area contributed by atoms with Crippen molar-refractivity contribution in [1.29, 1.82) is 0 Å². The summed E-state index contributed by atoms with van der Waals surface area (Å²) < 4.78 is 0. The predicted molar refractivity (Wildman–Crippen MR) is 245 cm³/mol. The number of rotatable bonds is 6. The lowest BCUT2D eigenvalue weighted by molar-refractivity contribution is 1.29. The summed E-state index contributed by atoms with van der Waals surface area (Å²) in [5.41, 5.74) is 10.5. The Labute approximate surface area is 332 Å². The molecule has 11 aromatic carbocycles. The van der Waals surface area contributed by atoms with Crippen LogP contribution in [-0.4, -0.2) is 0 Å². The van der Waals surface area contributed by atoms with E-state index in [2.05, 4.69) is 229 Å². The normalized spacial score (nSPS) is 11.5. The molecule has 1 heteroatoms. The fourth-order valence-corrected chi connectivity index (χ4v) is 8.73. The van der Waals surface area contributed by atoms with E-state index in [1.807, 2.05) is 0 Å². The second-order valence-corrected chi connectivity index (χ2v) is 15.0. The van der Waals surface area contributed by atoms with Gasteiger partial charge in [-0.1, -0.05) is 164 Å². The Morgan fingerprint density at radius 3 is 1.21 bits per heavy atom. The first-order valence-corrected chi connectivity index (χ1v) is 19.7. The van der Waals surface area contributed by atoms with Crippen molar-refractivity contribution in [2.45, 2.75) is 0 Å². The van der Waals surface area contributed by atoms with Gasteiger partial charge >= 0.3 is 0 Å². The lowest BCUT2D eigenvalue weighted by Gasteiger charge is -2.27. The number of nitrogens with zero attached hydrogens (tertiary/aromatic N) is 1. The molecule has 0 spiro atoms. The van der Waals surface area contributed by atoms with Crippen LogP contribution < -0.4 is 4.90 Å². The number of hydrogen-bond acceptors (Lipinski definition) is 1. The average Bonchev–Trinajstić information content (AvgIpc) is 3.29. The van der Waals surface area contributed by atoms with Crippen molar-refractivity contribution in [3.05, 3.63) is 224 Å². The van der Waals surface area contributed by atoms with E-state index in [0.29, 0.717) is 0 Å². The molecule has 0 heterocycles. The van der Waals surface area contributed by atoms with E-state index >= 15 is 0 Å². The van der Waals surface area contributed by atoms with Gasteiger partial charge in [-0.2, -0.15) is 0 Å². The van der Waals surface area contributed by atoms with Crippen molar-refractivity contribution < 1.29 is 0 Å². The van der Waals surface area contributed by atoms with Gasteiger partial charge in [0.05, 0.1) is 0 Å². The highest BCUT2D eigenvalue weighted by Crippen LogP contribution is 2.42. The molecule has 0 bridgehead atoms. The Kier molecular flexibility index (Phi) is 7.89. The second-order valence-electron chi connectivity index (χ2n) is 15.0. The molecule has 0 amide bonds.